The Kier molecular flexibility index (Phi) is 2.74. The second-order valence-corrected chi connectivity index (χ2v) is 5.15. The van der Waals surface area contributed by atoms with Crippen LogP contribution in [0.1, 0.15) is 5.56 Å². The van der Waals surface area contributed by atoms with Crippen LogP contribution in [0.3, 0.4) is 0 Å². The minimum atomic E-state index is -0.278. The van der Waals surface area contributed by atoms with Crippen LogP contribution in [-0.2, 0) is 0 Å². The molecular weight excluding hydrogens is 311 g/mol. The smallest absolute Gasteiger partial charge is 0.207 e. The Morgan fingerprint density at radius 2 is 2.11 bits per heavy atom. The maximum Gasteiger partial charge on any atom is 0.207 e. The molecule has 2 heterocycles. The molecule has 0 atom stereocenters. The van der Waals surface area contributed by atoms with Crippen molar-refractivity contribution < 1.29 is 4.39 Å². The molecule has 0 saturated heterocycles. The van der Waals surface area contributed by atoms with Crippen LogP contribution in [0.5, 0.6) is 0 Å². The van der Waals surface area contributed by atoms with E-state index in [9.17, 15) is 4.39 Å². The summed E-state index contributed by atoms with van der Waals surface area (Å²) < 4.78 is 15.7. The minimum Gasteiger partial charge on any atom is -0.369 e. The van der Waals surface area contributed by atoms with Gasteiger partial charge in [0.1, 0.15) is 11.3 Å². The monoisotopic (exact) mass is 320 g/mol. The Hall–Kier alpha value is -1.95. The molecule has 0 fully saturated rings. The van der Waals surface area contributed by atoms with Gasteiger partial charge in [-0.3, -0.25) is 4.57 Å². The maximum absolute atomic E-state index is 13.2. The van der Waals surface area contributed by atoms with Crippen LogP contribution in [0.2, 0.25) is 0 Å². The van der Waals surface area contributed by atoms with E-state index in [1.54, 1.807) is 16.8 Å². The van der Waals surface area contributed by atoms with E-state index in [0.717, 1.165) is 15.7 Å². The number of pyridine rings is 1. The number of aromatic nitrogens is 3. The van der Waals surface area contributed by atoms with Gasteiger partial charge in [-0.15, -0.1) is 0 Å². The van der Waals surface area contributed by atoms with Crippen LogP contribution < -0.4 is 5.73 Å². The highest BCUT2D eigenvalue weighted by Crippen LogP contribution is 2.25. The average molecular weight is 321 g/mol. The maximum atomic E-state index is 13.2. The number of rotatable bonds is 1. The quantitative estimate of drug-likeness (QED) is 0.749. The van der Waals surface area contributed by atoms with Crippen molar-refractivity contribution in [2.45, 2.75) is 6.92 Å². The summed E-state index contributed by atoms with van der Waals surface area (Å²) in [4.78, 5) is 8.59. The molecule has 0 bridgehead atoms. The highest BCUT2D eigenvalue weighted by molar-refractivity contribution is 9.10. The van der Waals surface area contributed by atoms with Crippen molar-refractivity contribution in [3.8, 4) is 5.69 Å². The van der Waals surface area contributed by atoms with E-state index < -0.39 is 0 Å². The molecule has 0 spiro atoms. The van der Waals surface area contributed by atoms with E-state index in [4.69, 9.17) is 5.73 Å². The van der Waals surface area contributed by atoms with Crippen LogP contribution in [0, 0.1) is 12.7 Å². The number of anilines is 1. The number of nitrogen functional groups attached to an aromatic ring is 1. The minimum absolute atomic E-state index is 0.278. The molecule has 19 heavy (non-hydrogen) atoms. The van der Waals surface area contributed by atoms with Crippen molar-refractivity contribution in [3.63, 3.8) is 0 Å². The Labute approximate surface area is 117 Å². The lowest BCUT2D eigenvalue weighted by atomic mass is 10.2. The molecule has 1 aromatic carbocycles. The van der Waals surface area contributed by atoms with Gasteiger partial charge in [-0.2, -0.15) is 0 Å². The molecule has 0 unspecified atom stereocenters. The van der Waals surface area contributed by atoms with Gasteiger partial charge in [0, 0.05) is 10.7 Å². The third-order valence-corrected chi connectivity index (χ3v) is 3.32. The molecule has 3 rings (SSSR count). The fraction of sp³-hybridized carbons (Fsp3) is 0.0769. The first-order chi connectivity index (χ1) is 9.06. The number of aryl methyl sites for hydroxylation is 1. The van der Waals surface area contributed by atoms with Gasteiger partial charge >= 0.3 is 0 Å². The molecule has 0 aliphatic heterocycles. The number of hydrogen-bond acceptors (Lipinski definition) is 3. The number of imidazole rings is 1. The predicted molar refractivity (Wildman–Crippen MR) is 75.7 cm³/mol. The van der Waals surface area contributed by atoms with E-state index in [2.05, 4.69) is 25.9 Å². The van der Waals surface area contributed by atoms with Gasteiger partial charge in [-0.05, 0) is 52.7 Å². The van der Waals surface area contributed by atoms with E-state index in [-0.39, 0.29) is 5.82 Å². The number of fused-ring (bicyclic) bond motifs is 1. The third kappa shape index (κ3) is 1.98. The third-order valence-electron chi connectivity index (χ3n) is 2.89. The first-order valence-corrected chi connectivity index (χ1v) is 6.41. The van der Waals surface area contributed by atoms with E-state index in [1.807, 2.05) is 13.0 Å². The van der Waals surface area contributed by atoms with Crippen LogP contribution >= 0.6 is 15.9 Å². The molecule has 0 aliphatic rings. The van der Waals surface area contributed by atoms with E-state index in [0.29, 0.717) is 17.1 Å². The molecule has 0 amide bonds. The van der Waals surface area contributed by atoms with E-state index in [1.165, 1.54) is 12.1 Å². The lowest BCUT2D eigenvalue weighted by molar-refractivity contribution is 0.626. The number of benzene rings is 1. The second-order valence-electron chi connectivity index (χ2n) is 4.23. The predicted octanol–water partition coefficient (Wildman–Crippen LogP) is 3.21. The van der Waals surface area contributed by atoms with Gasteiger partial charge in [0.25, 0.3) is 0 Å². The summed E-state index contributed by atoms with van der Waals surface area (Å²) in [6, 6.07) is 6.37. The van der Waals surface area contributed by atoms with Crippen LogP contribution in [0.25, 0.3) is 16.9 Å². The highest BCUT2D eigenvalue weighted by Gasteiger charge is 2.13. The molecule has 96 valence electrons. The average Bonchev–Trinajstić information content (AvgIpc) is 2.65. The summed E-state index contributed by atoms with van der Waals surface area (Å²) in [6.07, 6.45) is 1.68. The topological polar surface area (TPSA) is 56.7 Å². The molecule has 2 N–H and O–H groups in total. The largest absolute Gasteiger partial charge is 0.369 e. The Morgan fingerprint density at radius 3 is 2.84 bits per heavy atom. The van der Waals surface area contributed by atoms with Gasteiger partial charge in [0.05, 0.1) is 5.69 Å². The molecule has 3 aromatic rings. The van der Waals surface area contributed by atoms with Crippen LogP contribution in [0.4, 0.5) is 10.3 Å². The summed E-state index contributed by atoms with van der Waals surface area (Å²) >= 11 is 3.34. The summed E-state index contributed by atoms with van der Waals surface area (Å²) in [5, 5.41) is 0. The van der Waals surface area contributed by atoms with Crippen molar-refractivity contribution in [1.29, 1.82) is 0 Å². The summed E-state index contributed by atoms with van der Waals surface area (Å²) in [6.45, 7) is 1.82. The van der Waals surface area contributed by atoms with E-state index >= 15 is 0 Å². The molecule has 4 nitrogen and oxygen atoms in total. The normalized spacial score (nSPS) is 11.1. The Balaban J connectivity index is 2.33. The Bertz CT molecular complexity index is 782. The summed E-state index contributed by atoms with van der Waals surface area (Å²) in [7, 11) is 0. The van der Waals surface area contributed by atoms with Crippen molar-refractivity contribution in [3.05, 3.63) is 46.3 Å². The van der Waals surface area contributed by atoms with Crippen molar-refractivity contribution in [2.24, 2.45) is 0 Å². The number of nitrogens with two attached hydrogens (primary N) is 1. The zero-order valence-corrected chi connectivity index (χ0v) is 11.6. The molecule has 0 saturated carbocycles. The zero-order valence-electron chi connectivity index (χ0n) is 10.1. The van der Waals surface area contributed by atoms with Gasteiger partial charge in [0.2, 0.25) is 5.95 Å². The first kappa shape index (κ1) is 12.1. The van der Waals surface area contributed by atoms with Gasteiger partial charge in [-0.25, -0.2) is 14.4 Å². The van der Waals surface area contributed by atoms with Crippen LogP contribution in [0.15, 0.2) is 34.9 Å². The standard InChI is InChI=1S/C13H10BrFN4/c1-7-4-9(15)2-3-11(7)19-12-10(18-13(19)16)5-8(14)6-17-12/h2-6H,1H3,(H2,16,18). The van der Waals surface area contributed by atoms with Crippen molar-refractivity contribution in [1.82, 2.24) is 14.5 Å². The Morgan fingerprint density at radius 1 is 1.32 bits per heavy atom. The number of nitrogens with zero attached hydrogens (tertiary/aromatic N) is 3. The fourth-order valence-electron chi connectivity index (χ4n) is 2.07. The lowest BCUT2D eigenvalue weighted by Gasteiger charge is -2.09. The lowest BCUT2D eigenvalue weighted by Crippen LogP contribution is -2.03. The van der Waals surface area contributed by atoms with Crippen molar-refractivity contribution >= 4 is 33.0 Å². The highest BCUT2D eigenvalue weighted by atomic mass is 79.9. The zero-order chi connectivity index (χ0) is 13.6. The van der Waals surface area contributed by atoms with Gasteiger partial charge < -0.3 is 5.73 Å². The molecular formula is C13H10BrFN4. The second kappa shape index (κ2) is 4.31. The molecule has 0 radical (unpaired) electrons. The number of halogens is 2. The molecule has 0 aliphatic carbocycles. The van der Waals surface area contributed by atoms with Crippen LogP contribution in [-0.4, -0.2) is 14.5 Å². The SMILES string of the molecule is Cc1cc(F)ccc1-n1c(N)nc2cc(Br)cnc21. The molecule has 2 aromatic heterocycles. The summed E-state index contributed by atoms with van der Waals surface area (Å²) in [5.74, 6) is 0.0512. The fourth-order valence-corrected chi connectivity index (χ4v) is 2.38. The van der Waals surface area contributed by atoms with Gasteiger partial charge in [-0.1, -0.05) is 0 Å². The number of hydrogen-bond donors (Lipinski definition) is 1. The van der Waals surface area contributed by atoms with Crippen molar-refractivity contribution in [2.75, 3.05) is 5.73 Å². The first-order valence-electron chi connectivity index (χ1n) is 5.62. The molecule has 6 heteroatoms. The summed E-state index contributed by atoms with van der Waals surface area (Å²) in [5.41, 5.74) is 8.83. The van der Waals surface area contributed by atoms with Gasteiger partial charge in [0.15, 0.2) is 5.65 Å².